The van der Waals surface area contributed by atoms with Gasteiger partial charge in [0.25, 0.3) is 0 Å². The van der Waals surface area contributed by atoms with Crippen LogP contribution < -0.4 is 20.1 Å². The Morgan fingerprint density at radius 3 is 2.57 bits per heavy atom. The van der Waals surface area contributed by atoms with Gasteiger partial charge < -0.3 is 20.1 Å². The highest BCUT2D eigenvalue weighted by Crippen LogP contribution is 2.36. The normalized spacial score (nSPS) is 17.9. The largest absolute Gasteiger partial charge is 0.493 e. The van der Waals surface area contributed by atoms with Crippen molar-refractivity contribution in [3.63, 3.8) is 0 Å². The van der Waals surface area contributed by atoms with Crippen LogP contribution in [0.5, 0.6) is 11.5 Å². The summed E-state index contributed by atoms with van der Waals surface area (Å²) >= 11 is 6.12. The third-order valence-corrected chi connectivity index (χ3v) is 3.68. The molecule has 114 valence electrons. The van der Waals surface area contributed by atoms with Gasteiger partial charge in [0.2, 0.25) is 11.8 Å². The van der Waals surface area contributed by atoms with Crippen LogP contribution in [0.1, 0.15) is 12.8 Å². The minimum absolute atomic E-state index is 0.0248. The number of hydrogen-bond donors (Lipinski definition) is 2. The zero-order valence-electron chi connectivity index (χ0n) is 11.9. The number of hydrogen-bond acceptors (Lipinski definition) is 4. The summed E-state index contributed by atoms with van der Waals surface area (Å²) < 4.78 is 10.3. The monoisotopic (exact) mass is 312 g/mol. The summed E-state index contributed by atoms with van der Waals surface area (Å²) in [5, 5.41) is 5.80. The van der Waals surface area contributed by atoms with Gasteiger partial charge in [0.05, 0.1) is 30.8 Å². The fourth-order valence-corrected chi connectivity index (χ4v) is 2.34. The minimum atomic E-state index is -0.258. The number of amides is 2. The number of carbonyl (C=O) groups is 2. The van der Waals surface area contributed by atoms with Crippen LogP contribution in [0.2, 0.25) is 5.02 Å². The quantitative estimate of drug-likeness (QED) is 0.889. The average molecular weight is 313 g/mol. The Hall–Kier alpha value is -1.95. The van der Waals surface area contributed by atoms with Crippen molar-refractivity contribution in [2.75, 3.05) is 26.1 Å². The second-order valence-electron chi connectivity index (χ2n) is 4.72. The smallest absolute Gasteiger partial charge is 0.229 e. The number of methoxy groups -OCH3 is 2. The summed E-state index contributed by atoms with van der Waals surface area (Å²) in [6.07, 6.45) is 0.889. The van der Waals surface area contributed by atoms with Gasteiger partial charge in [-0.1, -0.05) is 11.6 Å². The Balaban J connectivity index is 2.11. The second-order valence-corrected chi connectivity index (χ2v) is 5.12. The number of piperidine rings is 1. The van der Waals surface area contributed by atoms with Gasteiger partial charge in [0.15, 0.2) is 11.5 Å². The van der Waals surface area contributed by atoms with E-state index in [1.54, 1.807) is 12.1 Å². The van der Waals surface area contributed by atoms with E-state index < -0.39 is 0 Å². The van der Waals surface area contributed by atoms with E-state index in [2.05, 4.69) is 10.6 Å². The summed E-state index contributed by atoms with van der Waals surface area (Å²) in [5.41, 5.74) is 0.455. The lowest BCUT2D eigenvalue weighted by molar-refractivity contribution is -0.126. The maximum atomic E-state index is 12.2. The number of anilines is 1. The van der Waals surface area contributed by atoms with Crippen LogP contribution in [0.15, 0.2) is 12.1 Å². The molecular formula is C14H17ClN2O4. The molecule has 1 aliphatic rings. The molecule has 1 heterocycles. The predicted octanol–water partition coefficient (Wildman–Crippen LogP) is 1.82. The maximum absolute atomic E-state index is 12.2. The van der Waals surface area contributed by atoms with Crippen molar-refractivity contribution in [2.24, 2.45) is 5.92 Å². The van der Waals surface area contributed by atoms with Crippen molar-refractivity contribution in [1.29, 1.82) is 0 Å². The fourth-order valence-electron chi connectivity index (χ4n) is 2.14. The van der Waals surface area contributed by atoms with E-state index in [9.17, 15) is 9.59 Å². The predicted molar refractivity (Wildman–Crippen MR) is 78.9 cm³/mol. The van der Waals surface area contributed by atoms with Gasteiger partial charge in [-0.2, -0.15) is 0 Å². The van der Waals surface area contributed by atoms with Crippen molar-refractivity contribution >= 4 is 29.1 Å². The number of halogens is 1. The standard InChI is InChI=1S/C14H17ClN2O4/c1-20-11-5-9(15)10(6-12(11)21-2)17-14(19)8-3-4-13(18)16-7-8/h5-6,8H,3-4,7H2,1-2H3,(H,16,18)(H,17,19). The lowest BCUT2D eigenvalue weighted by atomic mass is 9.98. The molecule has 0 saturated carbocycles. The molecular weight excluding hydrogens is 296 g/mol. The second kappa shape index (κ2) is 6.67. The summed E-state index contributed by atoms with van der Waals surface area (Å²) in [4.78, 5) is 23.3. The number of rotatable bonds is 4. The summed E-state index contributed by atoms with van der Waals surface area (Å²) in [6.45, 7) is 0.343. The van der Waals surface area contributed by atoms with E-state index in [1.807, 2.05) is 0 Å². The lowest BCUT2D eigenvalue weighted by Crippen LogP contribution is -2.40. The van der Waals surface area contributed by atoms with E-state index in [0.29, 0.717) is 41.6 Å². The highest BCUT2D eigenvalue weighted by atomic mass is 35.5. The number of benzene rings is 1. The van der Waals surface area contributed by atoms with E-state index in [1.165, 1.54) is 14.2 Å². The average Bonchev–Trinajstić information content (AvgIpc) is 2.49. The molecule has 2 amide bonds. The molecule has 2 rings (SSSR count). The van der Waals surface area contributed by atoms with Crippen molar-refractivity contribution in [3.8, 4) is 11.5 Å². The van der Waals surface area contributed by atoms with Crippen LogP contribution in [0.3, 0.4) is 0 Å². The molecule has 1 aromatic carbocycles. The molecule has 1 aliphatic heterocycles. The number of ether oxygens (including phenoxy) is 2. The first-order valence-corrected chi connectivity index (χ1v) is 6.92. The first-order chi connectivity index (χ1) is 10.0. The summed E-state index contributed by atoms with van der Waals surface area (Å²) in [6, 6.07) is 3.19. The Kier molecular flexibility index (Phi) is 4.90. The van der Waals surface area contributed by atoms with Gasteiger partial charge in [-0.25, -0.2) is 0 Å². The van der Waals surface area contributed by atoms with Gasteiger partial charge in [0, 0.05) is 25.1 Å². The van der Waals surface area contributed by atoms with E-state index in [4.69, 9.17) is 21.1 Å². The van der Waals surface area contributed by atoms with E-state index in [0.717, 1.165) is 0 Å². The Morgan fingerprint density at radius 2 is 2.00 bits per heavy atom. The first-order valence-electron chi connectivity index (χ1n) is 6.54. The zero-order chi connectivity index (χ0) is 15.4. The molecule has 1 saturated heterocycles. The van der Waals surface area contributed by atoms with Crippen LogP contribution in [-0.2, 0) is 9.59 Å². The van der Waals surface area contributed by atoms with Gasteiger partial charge in [-0.3, -0.25) is 9.59 Å². The third-order valence-electron chi connectivity index (χ3n) is 3.37. The SMILES string of the molecule is COc1cc(Cl)c(NC(=O)C2CCC(=O)NC2)cc1OC. The third kappa shape index (κ3) is 3.58. The minimum Gasteiger partial charge on any atom is -0.493 e. The molecule has 2 N–H and O–H groups in total. The van der Waals surface area contributed by atoms with E-state index in [-0.39, 0.29) is 17.7 Å². The van der Waals surface area contributed by atoms with Crippen LogP contribution in [0.25, 0.3) is 0 Å². The molecule has 0 bridgehead atoms. The van der Waals surface area contributed by atoms with Crippen molar-refractivity contribution < 1.29 is 19.1 Å². The molecule has 0 aliphatic carbocycles. The maximum Gasteiger partial charge on any atom is 0.229 e. The lowest BCUT2D eigenvalue weighted by Gasteiger charge is -2.22. The van der Waals surface area contributed by atoms with Crippen LogP contribution in [0.4, 0.5) is 5.69 Å². The Morgan fingerprint density at radius 1 is 1.33 bits per heavy atom. The molecule has 1 aromatic rings. The van der Waals surface area contributed by atoms with Crippen LogP contribution >= 0.6 is 11.6 Å². The summed E-state index contributed by atoms with van der Waals surface area (Å²) in [7, 11) is 3.02. The molecule has 1 fully saturated rings. The zero-order valence-corrected chi connectivity index (χ0v) is 12.6. The molecule has 6 nitrogen and oxygen atoms in total. The highest BCUT2D eigenvalue weighted by Gasteiger charge is 2.25. The Bertz CT molecular complexity index is 552. The highest BCUT2D eigenvalue weighted by molar-refractivity contribution is 6.34. The van der Waals surface area contributed by atoms with Gasteiger partial charge >= 0.3 is 0 Å². The number of carbonyl (C=O) groups excluding carboxylic acids is 2. The fraction of sp³-hybridized carbons (Fsp3) is 0.429. The van der Waals surface area contributed by atoms with Crippen LogP contribution in [0, 0.1) is 5.92 Å². The molecule has 0 aromatic heterocycles. The molecule has 0 spiro atoms. The Labute approximate surface area is 127 Å². The van der Waals surface area contributed by atoms with Crippen molar-refractivity contribution in [3.05, 3.63) is 17.2 Å². The molecule has 21 heavy (non-hydrogen) atoms. The first kappa shape index (κ1) is 15.4. The molecule has 1 unspecified atom stereocenters. The topological polar surface area (TPSA) is 76.7 Å². The van der Waals surface area contributed by atoms with E-state index >= 15 is 0 Å². The molecule has 0 radical (unpaired) electrons. The molecule has 1 atom stereocenters. The summed E-state index contributed by atoms with van der Waals surface area (Å²) in [5.74, 6) is 0.513. The molecule has 7 heteroatoms. The van der Waals surface area contributed by atoms with Crippen LogP contribution in [-0.4, -0.2) is 32.6 Å². The van der Waals surface area contributed by atoms with Gasteiger partial charge in [0.1, 0.15) is 0 Å². The number of nitrogens with one attached hydrogen (secondary N) is 2. The van der Waals surface area contributed by atoms with Gasteiger partial charge in [-0.05, 0) is 6.42 Å². The van der Waals surface area contributed by atoms with Gasteiger partial charge in [-0.15, -0.1) is 0 Å². The van der Waals surface area contributed by atoms with Crippen molar-refractivity contribution in [1.82, 2.24) is 5.32 Å². The van der Waals surface area contributed by atoms with Crippen molar-refractivity contribution in [2.45, 2.75) is 12.8 Å².